The molecule has 3 rings (SSSR count). The molecule has 0 aromatic carbocycles. The molecule has 0 radical (unpaired) electrons. The predicted octanol–water partition coefficient (Wildman–Crippen LogP) is 0.767. The van der Waals surface area contributed by atoms with Gasteiger partial charge in [-0.15, -0.1) is 5.10 Å². The highest BCUT2D eigenvalue weighted by molar-refractivity contribution is 7.99. The van der Waals surface area contributed by atoms with Gasteiger partial charge in [-0.05, 0) is 36.1 Å². The summed E-state index contributed by atoms with van der Waals surface area (Å²) in [5, 5.41) is 25.1. The number of aliphatic hydroxyl groups is 1. The Morgan fingerprint density at radius 3 is 2.90 bits per heavy atom. The zero-order chi connectivity index (χ0) is 14.7. The number of aromatic nitrogens is 4. The number of nitrogens with one attached hydrogen (secondary N) is 1. The molecule has 116 valence electrons. The first-order valence-corrected chi connectivity index (χ1v) is 8.58. The van der Waals surface area contributed by atoms with E-state index in [9.17, 15) is 9.90 Å². The first-order valence-electron chi connectivity index (χ1n) is 7.59. The molecule has 0 saturated heterocycles. The summed E-state index contributed by atoms with van der Waals surface area (Å²) in [5.41, 5.74) is 0. The minimum absolute atomic E-state index is 0.0249. The van der Waals surface area contributed by atoms with Crippen molar-refractivity contribution in [3.05, 3.63) is 0 Å². The van der Waals surface area contributed by atoms with E-state index in [2.05, 4.69) is 20.8 Å². The number of hydrogen-bond donors (Lipinski definition) is 2. The Bertz CT molecular complexity index is 491. The summed E-state index contributed by atoms with van der Waals surface area (Å²) in [6.45, 7) is 0.564. The van der Waals surface area contributed by atoms with E-state index < -0.39 is 0 Å². The van der Waals surface area contributed by atoms with Gasteiger partial charge in [0.05, 0.1) is 17.9 Å². The molecular weight excluding hydrogens is 290 g/mol. The second-order valence-electron chi connectivity index (χ2n) is 5.84. The fraction of sp³-hybridized carbons (Fsp3) is 0.846. The van der Waals surface area contributed by atoms with E-state index in [1.807, 2.05) is 4.68 Å². The van der Waals surface area contributed by atoms with Gasteiger partial charge in [0.2, 0.25) is 11.1 Å². The highest BCUT2D eigenvalue weighted by Gasteiger charge is 2.28. The molecule has 2 fully saturated rings. The zero-order valence-electron chi connectivity index (χ0n) is 11.9. The molecule has 2 aliphatic carbocycles. The number of rotatable bonds is 6. The van der Waals surface area contributed by atoms with Gasteiger partial charge in [-0.2, -0.15) is 0 Å². The van der Waals surface area contributed by atoms with Crippen LogP contribution >= 0.6 is 11.8 Å². The van der Waals surface area contributed by atoms with Crippen LogP contribution in [0.3, 0.4) is 0 Å². The molecule has 2 unspecified atom stereocenters. The molecule has 2 saturated carbocycles. The lowest BCUT2D eigenvalue weighted by molar-refractivity contribution is -0.119. The highest BCUT2D eigenvalue weighted by atomic mass is 32.2. The van der Waals surface area contributed by atoms with Crippen molar-refractivity contribution in [2.24, 2.45) is 5.92 Å². The number of hydrogen-bond acceptors (Lipinski definition) is 6. The Hall–Kier alpha value is -1.15. The first kappa shape index (κ1) is 14.8. The van der Waals surface area contributed by atoms with Gasteiger partial charge in [-0.25, -0.2) is 4.68 Å². The van der Waals surface area contributed by atoms with Gasteiger partial charge in [0.1, 0.15) is 0 Å². The lowest BCUT2D eigenvalue weighted by atomic mass is 9.86. The van der Waals surface area contributed by atoms with Gasteiger partial charge in [-0.3, -0.25) is 4.79 Å². The minimum Gasteiger partial charge on any atom is -0.393 e. The molecule has 1 aromatic rings. The third kappa shape index (κ3) is 3.94. The Labute approximate surface area is 127 Å². The van der Waals surface area contributed by atoms with E-state index in [0.29, 0.717) is 23.5 Å². The Kier molecular flexibility index (Phi) is 4.74. The number of thioether (sulfide) groups is 1. The average Bonchev–Trinajstić information content (AvgIpc) is 3.23. The predicted molar refractivity (Wildman–Crippen MR) is 77.8 cm³/mol. The van der Waals surface area contributed by atoms with Gasteiger partial charge >= 0.3 is 0 Å². The maximum absolute atomic E-state index is 11.9. The number of tetrazole rings is 1. The summed E-state index contributed by atoms with van der Waals surface area (Å²) in [7, 11) is 0. The standard InChI is InChI=1S/C13H21N5O2S/c19-11-4-2-1-3-9(11)7-14-12(20)8-21-13-15-16-17-18(13)10-5-6-10/h9-11,19H,1-8H2,(H,14,20). The second kappa shape index (κ2) is 6.74. The molecule has 1 amide bonds. The quantitative estimate of drug-likeness (QED) is 0.754. The van der Waals surface area contributed by atoms with Crippen molar-refractivity contribution in [2.45, 2.75) is 55.8 Å². The molecule has 0 spiro atoms. The molecule has 2 atom stereocenters. The molecule has 2 N–H and O–H groups in total. The molecule has 1 heterocycles. The molecule has 0 bridgehead atoms. The van der Waals surface area contributed by atoms with E-state index in [1.54, 1.807) is 0 Å². The van der Waals surface area contributed by atoms with E-state index in [0.717, 1.165) is 38.5 Å². The monoisotopic (exact) mass is 311 g/mol. The molecule has 21 heavy (non-hydrogen) atoms. The third-order valence-electron chi connectivity index (χ3n) is 4.12. The van der Waals surface area contributed by atoms with Crippen LogP contribution in [-0.2, 0) is 4.79 Å². The van der Waals surface area contributed by atoms with Crippen molar-refractivity contribution in [1.29, 1.82) is 0 Å². The highest BCUT2D eigenvalue weighted by Crippen LogP contribution is 2.36. The lowest BCUT2D eigenvalue weighted by Gasteiger charge is -2.27. The summed E-state index contributed by atoms with van der Waals surface area (Å²) in [6, 6.07) is 0.419. The summed E-state index contributed by atoms with van der Waals surface area (Å²) in [5.74, 6) is 0.489. The van der Waals surface area contributed by atoms with Crippen molar-refractivity contribution < 1.29 is 9.90 Å². The smallest absolute Gasteiger partial charge is 0.230 e. The second-order valence-corrected chi connectivity index (χ2v) is 6.78. The van der Waals surface area contributed by atoms with Gasteiger partial charge in [0.15, 0.2) is 0 Å². The normalized spacial score (nSPS) is 25.8. The van der Waals surface area contributed by atoms with E-state index >= 15 is 0 Å². The van der Waals surface area contributed by atoms with Crippen molar-refractivity contribution in [3.8, 4) is 0 Å². The Balaban J connectivity index is 1.40. The third-order valence-corrected chi connectivity index (χ3v) is 5.05. The summed E-state index contributed by atoms with van der Waals surface area (Å²) >= 11 is 1.37. The van der Waals surface area contributed by atoms with Crippen LogP contribution in [-0.4, -0.2) is 49.6 Å². The van der Waals surface area contributed by atoms with Crippen molar-refractivity contribution in [1.82, 2.24) is 25.5 Å². The van der Waals surface area contributed by atoms with Crippen molar-refractivity contribution in [2.75, 3.05) is 12.3 Å². The number of aliphatic hydroxyl groups excluding tert-OH is 1. The SMILES string of the molecule is O=C(CSc1nnnn1C1CC1)NCC1CCCCC1O. The van der Waals surface area contributed by atoms with Gasteiger partial charge in [-0.1, -0.05) is 24.6 Å². The van der Waals surface area contributed by atoms with Crippen LogP contribution in [0.4, 0.5) is 0 Å². The van der Waals surface area contributed by atoms with Crippen LogP contribution in [0.2, 0.25) is 0 Å². The molecule has 0 aliphatic heterocycles. The summed E-state index contributed by atoms with van der Waals surface area (Å²) in [4.78, 5) is 11.9. The van der Waals surface area contributed by atoms with Crippen LogP contribution in [0.1, 0.15) is 44.6 Å². The van der Waals surface area contributed by atoms with Crippen LogP contribution in [0, 0.1) is 5.92 Å². The largest absolute Gasteiger partial charge is 0.393 e. The number of amides is 1. The summed E-state index contributed by atoms with van der Waals surface area (Å²) in [6.07, 6.45) is 6.04. The topological polar surface area (TPSA) is 92.9 Å². The lowest BCUT2D eigenvalue weighted by Crippen LogP contribution is -2.37. The number of carbonyl (C=O) groups is 1. The van der Waals surface area contributed by atoms with Crippen LogP contribution < -0.4 is 5.32 Å². The summed E-state index contributed by atoms with van der Waals surface area (Å²) < 4.78 is 1.81. The number of carbonyl (C=O) groups excluding carboxylic acids is 1. The molecular formula is C13H21N5O2S. The maximum atomic E-state index is 11.9. The maximum Gasteiger partial charge on any atom is 0.230 e. The Morgan fingerprint density at radius 1 is 1.33 bits per heavy atom. The van der Waals surface area contributed by atoms with Gasteiger partial charge < -0.3 is 10.4 Å². The molecule has 1 aromatic heterocycles. The van der Waals surface area contributed by atoms with Crippen LogP contribution in [0.25, 0.3) is 0 Å². The van der Waals surface area contributed by atoms with Crippen molar-refractivity contribution in [3.63, 3.8) is 0 Å². The van der Waals surface area contributed by atoms with Gasteiger partial charge in [0.25, 0.3) is 0 Å². The minimum atomic E-state index is -0.270. The number of nitrogens with zero attached hydrogens (tertiary/aromatic N) is 4. The van der Waals surface area contributed by atoms with Crippen molar-refractivity contribution >= 4 is 17.7 Å². The van der Waals surface area contributed by atoms with Crippen LogP contribution in [0.5, 0.6) is 0 Å². The van der Waals surface area contributed by atoms with Crippen LogP contribution in [0.15, 0.2) is 5.16 Å². The van der Waals surface area contributed by atoms with E-state index in [-0.39, 0.29) is 17.9 Å². The molecule has 2 aliphatic rings. The average molecular weight is 311 g/mol. The van der Waals surface area contributed by atoms with E-state index in [4.69, 9.17) is 0 Å². The fourth-order valence-corrected chi connectivity index (χ4v) is 3.46. The van der Waals surface area contributed by atoms with Gasteiger partial charge in [0, 0.05) is 12.5 Å². The zero-order valence-corrected chi connectivity index (χ0v) is 12.8. The first-order chi connectivity index (χ1) is 10.2. The molecule has 8 heteroatoms. The fourth-order valence-electron chi connectivity index (χ4n) is 2.68. The molecule has 7 nitrogen and oxygen atoms in total. The van der Waals surface area contributed by atoms with E-state index in [1.165, 1.54) is 11.8 Å². The Morgan fingerprint density at radius 2 is 2.14 bits per heavy atom.